The first kappa shape index (κ1) is 75.0. The minimum absolute atomic E-state index is 0.131. The summed E-state index contributed by atoms with van der Waals surface area (Å²) in [7, 11) is 0. The lowest BCUT2D eigenvalue weighted by molar-refractivity contribution is 0.307. The van der Waals surface area contributed by atoms with Crippen LogP contribution in [0.2, 0.25) is 0 Å². The molecule has 2 atom stereocenters. The van der Waals surface area contributed by atoms with Gasteiger partial charge in [0.05, 0.1) is 46.2 Å². The van der Waals surface area contributed by atoms with Gasteiger partial charge < -0.3 is 23.7 Å². The lowest BCUT2D eigenvalue weighted by Gasteiger charge is -2.36. The normalized spacial score (nSPS) is 14.8. The second-order valence-electron chi connectivity index (χ2n) is 32.5. The molecule has 2 aliphatic rings. The number of nitrogens with zero attached hydrogens (tertiary/aromatic N) is 2. The molecule has 0 amide bonds. The van der Waals surface area contributed by atoms with Crippen LogP contribution in [0.3, 0.4) is 0 Å². The zero-order chi connectivity index (χ0) is 79.3. The van der Waals surface area contributed by atoms with E-state index in [1.165, 1.54) is 46.5 Å². The van der Waals surface area contributed by atoms with Crippen LogP contribution in [0.15, 0.2) is 321 Å². The van der Waals surface area contributed by atoms with Gasteiger partial charge in [0.15, 0.2) is 23.3 Å². The zero-order valence-electron chi connectivity index (χ0n) is 65.7. The van der Waals surface area contributed by atoms with E-state index >= 15 is 17.6 Å². The average molecular weight is 1520 g/mol. The van der Waals surface area contributed by atoms with Crippen molar-refractivity contribution in [1.82, 2.24) is 0 Å². The third-order valence-corrected chi connectivity index (χ3v) is 23.5. The van der Waals surface area contributed by atoms with Gasteiger partial charge in [-0.15, -0.1) is 0 Å². The van der Waals surface area contributed by atoms with E-state index in [1.807, 2.05) is 107 Å². The number of benzene rings is 14. The molecule has 115 heavy (non-hydrogen) atoms. The molecule has 0 fully saturated rings. The number of anilines is 6. The molecular weight excluding hydrogens is 1430 g/mol. The summed E-state index contributed by atoms with van der Waals surface area (Å²) >= 11 is 0. The molecule has 5 nitrogen and oxygen atoms in total. The topological polar surface area (TPSA) is 38.1 Å². The van der Waals surface area contributed by atoms with Gasteiger partial charge in [-0.05, 0) is 247 Å². The molecule has 17 rings (SSSR count). The van der Waals surface area contributed by atoms with Crippen molar-refractivity contribution in [2.75, 3.05) is 23.0 Å². The zero-order valence-corrected chi connectivity index (χ0v) is 65.7. The van der Waals surface area contributed by atoms with Crippen LogP contribution in [-0.4, -0.2) is 13.2 Å². The Kier molecular flexibility index (Phi) is 20.0. The van der Waals surface area contributed by atoms with Crippen LogP contribution in [0.5, 0.6) is 11.5 Å². The SMILES string of the molecule is C=Cc1ccc(OCCCCc2ccc(C3(c4ccc(C(C)(C)C)cc4)c4ccccc4-c4ccc(N(c5ccc(F)c(F)c5)c5cccc6oc7cccc(N(c8ccc(F)c(F)c8)c8ccc9c(c8)C(c8ccc(CCCCOc%10ccc(C=C)cc%10)cc8)(c8ccc(C(C)(C)C)cc8)c8ccccc8-9)c7c56)cc43)cc2)cc1. The Bertz CT molecular complexity index is 5780. The summed E-state index contributed by atoms with van der Waals surface area (Å²) in [6, 6.07) is 102. The van der Waals surface area contributed by atoms with Crippen LogP contribution >= 0.6 is 0 Å². The Morgan fingerprint density at radius 1 is 0.339 bits per heavy atom. The molecule has 0 aliphatic heterocycles. The largest absolute Gasteiger partial charge is 0.494 e. The Labute approximate surface area is 671 Å². The number of aryl methyl sites for hydroxylation is 2. The second kappa shape index (κ2) is 30.7. The third-order valence-electron chi connectivity index (χ3n) is 23.5. The molecule has 2 unspecified atom stereocenters. The number of halogens is 4. The van der Waals surface area contributed by atoms with E-state index in [0.717, 1.165) is 128 Å². The predicted octanol–water partition coefficient (Wildman–Crippen LogP) is 28.5. The predicted molar refractivity (Wildman–Crippen MR) is 465 cm³/mol. The van der Waals surface area contributed by atoms with Gasteiger partial charge in [0, 0.05) is 34.9 Å². The first-order valence-corrected chi connectivity index (χ1v) is 39.9. The number of hydrogen-bond acceptors (Lipinski definition) is 5. The lowest BCUT2D eigenvalue weighted by Crippen LogP contribution is -2.29. The van der Waals surface area contributed by atoms with Crippen molar-refractivity contribution < 1.29 is 31.5 Å². The van der Waals surface area contributed by atoms with Crippen molar-refractivity contribution in [3.8, 4) is 33.8 Å². The summed E-state index contributed by atoms with van der Waals surface area (Å²) < 4.78 is 84.0. The summed E-state index contributed by atoms with van der Waals surface area (Å²) in [6.07, 6.45) is 9.00. The monoisotopic (exact) mass is 1510 g/mol. The van der Waals surface area contributed by atoms with Gasteiger partial charge in [-0.1, -0.05) is 261 Å². The number of ether oxygens (including phenoxy) is 2. The van der Waals surface area contributed by atoms with Gasteiger partial charge in [0.1, 0.15) is 22.7 Å². The standard InChI is InChI=1S/C106H90F4N2O3/c1-9-69-35-55-83(56-36-69)113-63-17-15-21-71-31-39-75(40-32-71)105(77-47-43-73(44-48-77)103(3,4)5)89-25-13-11-23-85(89)87-59-51-79(65-91(87)105)111(81-53-61-93(107)95(109)67-81)97-27-19-29-99-101(97)102-98(28-20-30-100(102)115-99)112(82-54-62-94(108)96(110)68-82)80-52-60-88-86-24-12-14-26-90(86)106(92(88)66-80,78-49-45-74(46-50-78)104(6,7)8)76-41-33-72(34-42-76)22-16-18-64-114-84-57-37-70(10-2)38-58-84/h9-14,19-20,23-62,65-68H,1-2,15-18,21-22,63-64H2,3-8H3. The minimum atomic E-state index is -1.02. The van der Waals surface area contributed by atoms with Gasteiger partial charge in [0.25, 0.3) is 0 Å². The number of rotatable bonds is 24. The molecule has 14 aromatic carbocycles. The highest BCUT2D eigenvalue weighted by Gasteiger charge is 2.49. The molecule has 9 heteroatoms. The molecule has 0 radical (unpaired) electrons. The minimum Gasteiger partial charge on any atom is -0.494 e. The Morgan fingerprint density at radius 3 is 1.05 bits per heavy atom. The first-order chi connectivity index (χ1) is 55.8. The lowest BCUT2D eigenvalue weighted by atomic mass is 9.67. The third kappa shape index (κ3) is 13.8. The van der Waals surface area contributed by atoms with Gasteiger partial charge in [-0.25, -0.2) is 17.6 Å². The maximum atomic E-state index is 16.6. The Morgan fingerprint density at radius 2 is 0.687 bits per heavy atom. The van der Waals surface area contributed by atoms with E-state index < -0.39 is 34.1 Å². The van der Waals surface area contributed by atoms with Crippen LogP contribution < -0.4 is 19.3 Å². The Hall–Kier alpha value is -12.7. The van der Waals surface area contributed by atoms with Crippen LogP contribution in [0, 0.1) is 23.3 Å². The molecule has 0 spiro atoms. The highest BCUT2D eigenvalue weighted by Crippen LogP contribution is 2.61. The summed E-state index contributed by atoms with van der Waals surface area (Å²) in [4.78, 5) is 3.99. The van der Waals surface area contributed by atoms with Gasteiger partial charge in [-0.3, -0.25) is 0 Å². The molecular formula is C106H90F4N2O3. The molecule has 570 valence electrons. The molecule has 0 saturated carbocycles. The highest BCUT2D eigenvalue weighted by atomic mass is 19.2. The quantitative estimate of drug-likeness (QED) is 0.0445. The van der Waals surface area contributed by atoms with Gasteiger partial charge in [-0.2, -0.15) is 0 Å². The number of fused-ring (bicyclic) bond motifs is 9. The van der Waals surface area contributed by atoms with Crippen molar-refractivity contribution in [2.45, 2.75) is 102 Å². The molecule has 1 aromatic heterocycles. The smallest absolute Gasteiger partial charge is 0.160 e. The van der Waals surface area contributed by atoms with Crippen molar-refractivity contribution in [2.24, 2.45) is 0 Å². The summed E-state index contributed by atoms with van der Waals surface area (Å²) in [5.74, 6) is -2.35. The number of hydrogen-bond donors (Lipinski definition) is 0. The molecule has 0 N–H and O–H groups in total. The van der Waals surface area contributed by atoms with Crippen molar-refractivity contribution >= 4 is 68.2 Å². The highest BCUT2D eigenvalue weighted by molar-refractivity contribution is 6.19. The van der Waals surface area contributed by atoms with Crippen molar-refractivity contribution in [1.29, 1.82) is 0 Å². The van der Waals surface area contributed by atoms with Crippen molar-refractivity contribution in [3.05, 3.63) is 418 Å². The second-order valence-corrected chi connectivity index (χ2v) is 32.5. The average Bonchev–Trinajstić information content (AvgIpc) is 1.55. The fraction of sp³-hybridized carbons (Fsp3) is 0.170. The Balaban J connectivity index is 0.815. The van der Waals surface area contributed by atoms with Crippen LogP contribution in [-0.2, 0) is 34.5 Å². The van der Waals surface area contributed by atoms with E-state index in [4.69, 9.17) is 13.9 Å². The van der Waals surface area contributed by atoms with Gasteiger partial charge in [0.2, 0.25) is 0 Å². The van der Waals surface area contributed by atoms with Crippen LogP contribution in [0.25, 0.3) is 56.3 Å². The van der Waals surface area contributed by atoms with Gasteiger partial charge >= 0.3 is 0 Å². The molecule has 1 heterocycles. The van der Waals surface area contributed by atoms with Crippen molar-refractivity contribution in [3.63, 3.8) is 0 Å². The molecule has 15 aromatic rings. The number of furan rings is 1. The van der Waals surface area contributed by atoms with E-state index in [0.29, 0.717) is 69.3 Å². The van der Waals surface area contributed by atoms with E-state index in [-0.39, 0.29) is 10.8 Å². The molecule has 0 saturated heterocycles. The van der Waals surface area contributed by atoms with E-state index in [9.17, 15) is 0 Å². The fourth-order valence-corrected chi connectivity index (χ4v) is 17.6. The fourth-order valence-electron chi connectivity index (χ4n) is 17.6. The first-order valence-electron chi connectivity index (χ1n) is 39.9. The number of unbranched alkanes of at least 4 members (excludes halogenated alkanes) is 2. The van der Waals surface area contributed by atoms with E-state index in [1.54, 1.807) is 12.1 Å². The summed E-state index contributed by atoms with van der Waals surface area (Å²) in [6.45, 7) is 22.3. The maximum Gasteiger partial charge on any atom is 0.160 e. The summed E-state index contributed by atoms with van der Waals surface area (Å²) in [5, 5.41) is 1.27. The van der Waals surface area contributed by atoms with E-state index in [2.05, 4.69) is 237 Å². The summed E-state index contributed by atoms with van der Waals surface area (Å²) in [5.41, 5.74) is 21.8. The maximum absolute atomic E-state index is 16.6. The van der Waals surface area contributed by atoms with Crippen LogP contribution in [0.4, 0.5) is 51.7 Å². The molecule has 0 bridgehead atoms. The van der Waals surface area contributed by atoms with Crippen LogP contribution in [0.1, 0.15) is 145 Å². The molecule has 2 aliphatic carbocycles.